The molecule has 22 heteroatoms. The Bertz CT molecular complexity index is 5130. The lowest BCUT2D eigenvalue weighted by Crippen LogP contribution is -2.23. The van der Waals surface area contributed by atoms with E-state index in [0.29, 0.717) is 153 Å². The van der Waals surface area contributed by atoms with E-state index >= 15 is 0 Å². The van der Waals surface area contributed by atoms with Gasteiger partial charge in [0.05, 0.1) is 49.8 Å². The third-order valence-corrected chi connectivity index (χ3v) is 25.0. The van der Waals surface area contributed by atoms with Crippen molar-refractivity contribution in [1.29, 1.82) is 0 Å². The van der Waals surface area contributed by atoms with Gasteiger partial charge in [-0.1, -0.05) is 150 Å². The lowest BCUT2D eigenvalue weighted by atomic mass is 9.94. The molecule has 7 aromatic carbocycles. The molecule has 0 atom stereocenters. The van der Waals surface area contributed by atoms with Gasteiger partial charge < -0.3 is 109 Å². The summed E-state index contributed by atoms with van der Waals surface area (Å²) in [4.78, 5) is 0. The van der Waals surface area contributed by atoms with Crippen LogP contribution in [0, 0.1) is 76.2 Å². The SMILES string of the molecule is CC/C(C)=C/Cc1c(C)c(O)c(C)c(C)c1O.CC/C(C)=C/Cc1c(C)c(O)c(C)c(OC)c1O.CC/C(C)=C/Cc1c(C)c(O)c(OC(C)(C)C)c(OC)c1O.CC/C(C)=C/Cc1c(C)c(O)c(OC)c(C)c1O.CC/C(C)=C/Cc1c(C)c(O)c(OC)c(CC)c1O.CC/C(C)=C/Cc1c(C)c(O)c(OC)c(OC)c1O.CCCCc1c(O)c(C/C=C(\C)CC)c(C)c(O)c1OC. The number of unbranched alkanes of at least 4 members (excludes halogenated alkanes) is 1. The second-order valence-corrected chi connectivity index (χ2v) is 35.1. The zero-order valence-electron chi connectivity index (χ0n) is 88.3. The quantitative estimate of drug-likeness (QED) is 0.0134. The van der Waals surface area contributed by atoms with Crippen LogP contribution < -0.4 is 37.9 Å². The Morgan fingerprint density at radius 3 is 0.687 bits per heavy atom. The Morgan fingerprint density at radius 1 is 0.216 bits per heavy atom. The maximum absolute atomic E-state index is 10.6. The second kappa shape index (κ2) is 57.8. The van der Waals surface area contributed by atoms with Crippen molar-refractivity contribution in [3.8, 4) is 126 Å². The van der Waals surface area contributed by atoms with Crippen molar-refractivity contribution in [2.24, 2.45) is 0 Å². The smallest absolute Gasteiger partial charge is 0.208 e. The zero-order valence-corrected chi connectivity index (χ0v) is 88.3. The Labute approximate surface area is 803 Å². The number of phenolic OH excluding ortho intramolecular Hbond substituents is 14. The summed E-state index contributed by atoms with van der Waals surface area (Å²) in [6.45, 7) is 58.5. The van der Waals surface area contributed by atoms with Gasteiger partial charge in [0.25, 0.3) is 0 Å². The minimum absolute atomic E-state index is 0.00898. The highest BCUT2D eigenvalue weighted by molar-refractivity contribution is 5.69. The molecule has 0 aliphatic carbocycles. The van der Waals surface area contributed by atoms with Gasteiger partial charge in [-0.25, -0.2) is 0 Å². The summed E-state index contributed by atoms with van der Waals surface area (Å²) >= 11 is 0. The molecule has 134 heavy (non-hydrogen) atoms. The fraction of sp³-hybridized carbons (Fsp3) is 0.500. The van der Waals surface area contributed by atoms with Gasteiger partial charge in [-0.3, -0.25) is 0 Å². The van der Waals surface area contributed by atoms with E-state index in [2.05, 4.69) is 120 Å². The number of rotatable bonds is 33. The Morgan fingerprint density at radius 2 is 0.410 bits per heavy atom. The van der Waals surface area contributed by atoms with Crippen LogP contribution in [0.25, 0.3) is 0 Å². The number of allylic oxidation sites excluding steroid dienone is 14. The van der Waals surface area contributed by atoms with Crippen LogP contribution in [-0.4, -0.2) is 127 Å². The van der Waals surface area contributed by atoms with Gasteiger partial charge in [-0.05, 0) is 277 Å². The van der Waals surface area contributed by atoms with Gasteiger partial charge in [0.1, 0.15) is 40.1 Å². The average molecular weight is 1870 g/mol. The molecule has 0 spiro atoms. The predicted octanol–water partition coefficient (Wildman–Crippen LogP) is 27.5. The molecule has 7 rings (SSSR count). The highest BCUT2D eigenvalue weighted by Crippen LogP contribution is 2.53. The number of hydrogen-bond donors (Lipinski definition) is 14. The highest BCUT2D eigenvalue weighted by atomic mass is 16.5. The van der Waals surface area contributed by atoms with E-state index in [1.165, 1.54) is 88.8 Å². The summed E-state index contributed by atoms with van der Waals surface area (Å²) in [5.74, 6) is 4.36. The van der Waals surface area contributed by atoms with E-state index < -0.39 is 5.60 Å². The maximum Gasteiger partial charge on any atom is 0.208 e. The first-order chi connectivity index (χ1) is 62.8. The van der Waals surface area contributed by atoms with Crippen LogP contribution in [-0.2, 0) is 57.8 Å². The molecule has 0 aliphatic rings. The molecule has 14 N–H and O–H groups in total. The van der Waals surface area contributed by atoms with Gasteiger partial charge in [0, 0.05) is 89.0 Å². The molecular weight excluding hydrogens is 1700 g/mol. The van der Waals surface area contributed by atoms with Crippen molar-refractivity contribution in [2.45, 2.75) is 329 Å². The number of hydrogen-bond acceptors (Lipinski definition) is 22. The molecule has 0 radical (unpaired) electrons. The van der Waals surface area contributed by atoms with Gasteiger partial charge in [-0.15, -0.1) is 0 Å². The van der Waals surface area contributed by atoms with Crippen molar-refractivity contribution in [3.63, 3.8) is 0 Å². The molecule has 748 valence electrons. The minimum atomic E-state index is -0.510. The van der Waals surface area contributed by atoms with Gasteiger partial charge in [0.15, 0.2) is 69.0 Å². The fourth-order valence-corrected chi connectivity index (χ4v) is 14.3. The topological polar surface area (TPSA) is 357 Å². The number of ether oxygens (including phenoxy) is 8. The third kappa shape index (κ3) is 32.3. The molecule has 0 fully saturated rings. The molecular formula is C112H168O22. The first-order valence-corrected chi connectivity index (χ1v) is 46.7. The Balaban J connectivity index is 0.000000783. The van der Waals surface area contributed by atoms with Crippen LogP contribution in [0.3, 0.4) is 0 Å². The second-order valence-electron chi connectivity index (χ2n) is 35.1. The predicted molar refractivity (Wildman–Crippen MR) is 549 cm³/mol. The highest BCUT2D eigenvalue weighted by Gasteiger charge is 2.30. The maximum atomic E-state index is 10.6. The monoisotopic (exact) mass is 1870 g/mol. The molecule has 0 amide bonds. The number of phenols is 14. The summed E-state index contributed by atoms with van der Waals surface area (Å²) in [6.07, 6.45) is 28.9. The van der Waals surface area contributed by atoms with E-state index in [1.54, 1.807) is 34.6 Å². The third-order valence-electron chi connectivity index (χ3n) is 25.0. The van der Waals surface area contributed by atoms with E-state index in [1.807, 2.05) is 95.2 Å². The van der Waals surface area contributed by atoms with Crippen LogP contribution in [0.1, 0.15) is 301 Å². The van der Waals surface area contributed by atoms with Crippen molar-refractivity contribution in [3.05, 3.63) is 193 Å². The van der Waals surface area contributed by atoms with Crippen LogP contribution >= 0.6 is 0 Å². The van der Waals surface area contributed by atoms with Crippen LogP contribution in [0.2, 0.25) is 0 Å². The largest absolute Gasteiger partial charge is 0.507 e. The van der Waals surface area contributed by atoms with Crippen LogP contribution in [0.5, 0.6) is 126 Å². The van der Waals surface area contributed by atoms with E-state index in [9.17, 15) is 71.5 Å². The summed E-state index contributed by atoms with van der Waals surface area (Å²) in [5, 5.41) is 143. The molecule has 0 bridgehead atoms. The van der Waals surface area contributed by atoms with E-state index in [4.69, 9.17) is 37.9 Å². The van der Waals surface area contributed by atoms with Crippen molar-refractivity contribution in [1.82, 2.24) is 0 Å². The van der Waals surface area contributed by atoms with Gasteiger partial charge >= 0.3 is 0 Å². The van der Waals surface area contributed by atoms with Crippen molar-refractivity contribution >= 4 is 0 Å². The first kappa shape index (κ1) is 120. The summed E-state index contributed by atoms with van der Waals surface area (Å²) in [7, 11) is 10.3. The van der Waals surface area contributed by atoms with Crippen LogP contribution in [0.15, 0.2) is 81.5 Å². The van der Waals surface area contributed by atoms with Crippen LogP contribution in [0.4, 0.5) is 0 Å². The molecule has 0 saturated heterocycles. The molecule has 0 aromatic heterocycles. The minimum Gasteiger partial charge on any atom is -0.507 e. The summed E-state index contributed by atoms with van der Waals surface area (Å²) in [6, 6.07) is 0. The normalized spacial score (nSPS) is 11.8. The first-order valence-electron chi connectivity index (χ1n) is 46.7. The number of benzene rings is 7. The molecule has 22 nitrogen and oxygen atoms in total. The number of methoxy groups -OCH3 is 7. The number of aromatic hydroxyl groups is 14. The molecule has 7 aromatic rings. The molecule has 0 unspecified atom stereocenters. The zero-order chi connectivity index (χ0) is 103. The van der Waals surface area contributed by atoms with E-state index in [-0.39, 0.29) is 92.0 Å². The molecule has 0 aliphatic heterocycles. The Kier molecular flexibility index (Phi) is 51.9. The summed E-state index contributed by atoms with van der Waals surface area (Å²) < 4.78 is 42.0. The van der Waals surface area contributed by atoms with Gasteiger partial charge in [-0.2, -0.15) is 0 Å². The lowest BCUT2D eigenvalue weighted by Gasteiger charge is -2.25. The Hall–Kier alpha value is -11.7. The van der Waals surface area contributed by atoms with E-state index in [0.717, 1.165) is 108 Å². The standard InChI is InChI=1S/C18H28O4.C18H28O3.C16H24O3.C15H22O4.2C15H22O3.C15H22O2/c1-8-11(2)9-10-13-12(3)14(19)17(22-18(4,5)6)16(21-7)15(13)20;1-6-8-9-15-17(20)14(11-10-12(3)7-2)13(4)16(19)18(15)21-5;1-6-10(3)8-9-13-11(4)14(17)16(19-5)12(7-2)15(13)18;1-6-9(2)7-8-11-10(3)12(16)14(18-4)15(19-5)13(11)17;1-6-9(2)7-8-12-10(3)14(17)15(18-5)11(4)13(12)16;1-6-9(2)7-8-12-10(3)13(16)11(4)15(18-5)14(12)17;1-6-9(2)7-8-13-12(5)14(16)10(3)11(4)15(13)17/h9,19-20H,8,10H2,1-7H3;10,19-20H,6-9,11H2,1-5H3;8,17-18H,6-7,9H2,1-5H3;7,16-17H,6,8H2,1-5H3;2*7,16-17H,6,8H2,1-5H3;7,16-17H,6,8H2,1-5H3/b11-9+;12-10+;10-8+;4*9-7+. The summed E-state index contributed by atoms with van der Waals surface area (Å²) in [5.41, 5.74) is 22.4. The average Bonchev–Trinajstić information content (AvgIpc) is 0.766. The van der Waals surface area contributed by atoms with Gasteiger partial charge in [0.2, 0.25) is 23.0 Å². The van der Waals surface area contributed by atoms with Crippen molar-refractivity contribution < 1.29 is 109 Å². The van der Waals surface area contributed by atoms with Crippen molar-refractivity contribution in [2.75, 3.05) is 49.8 Å². The molecule has 0 heterocycles. The lowest BCUT2D eigenvalue weighted by molar-refractivity contribution is 0.119. The fourth-order valence-electron chi connectivity index (χ4n) is 14.3. The molecule has 0 saturated carbocycles.